The van der Waals surface area contributed by atoms with Crippen LogP contribution in [0, 0.1) is 11.8 Å². The lowest BCUT2D eigenvalue weighted by molar-refractivity contribution is -0.206. The predicted molar refractivity (Wildman–Crippen MR) is 199 cm³/mol. The van der Waals surface area contributed by atoms with Gasteiger partial charge in [-0.3, -0.25) is 14.4 Å². The molecule has 1 aliphatic carbocycles. The monoisotopic (exact) mass is 720 g/mol. The minimum absolute atomic E-state index is 0.0442. The summed E-state index contributed by atoms with van der Waals surface area (Å²) >= 11 is 0. The van der Waals surface area contributed by atoms with Gasteiger partial charge < -0.3 is 14.8 Å². The maximum Gasteiger partial charge on any atom is 0.407 e. The molecule has 2 fully saturated rings. The van der Waals surface area contributed by atoms with Gasteiger partial charge in [0.1, 0.15) is 12.6 Å². The highest BCUT2D eigenvalue weighted by Crippen LogP contribution is 2.29. The molecule has 4 rings (SSSR count). The molecule has 11 nitrogen and oxygen atoms in total. The first-order valence-electron chi connectivity index (χ1n) is 19.5. The van der Waals surface area contributed by atoms with Crippen molar-refractivity contribution in [2.24, 2.45) is 11.8 Å². The van der Waals surface area contributed by atoms with Crippen molar-refractivity contribution < 1.29 is 33.5 Å². The van der Waals surface area contributed by atoms with Gasteiger partial charge >= 0.3 is 6.09 Å². The van der Waals surface area contributed by atoms with E-state index < -0.39 is 24.3 Å². The first-order valence-corrected chi connectivity index (χ1v) is 19.5. The zero-order valence-corrected chi connectivity index (χ0v) is 31.3. The van der Waals surface area contributed by atoms with Crippen LogP contribution in [-0.4, -0.2) is 59.3 Å². The summed E-state index contributed by atoms with van der Waals surface area (Å²) in [7, 11) is 0. The molecule has 2 N–H and O–H groups in total. The minimum Gasteiger partial charge on any atom is -0.445 e. The summed E-state index contributed by atoms with van der Waals surface area (Å²) in [5.41, 5.74) is 4.33. The number of amides is 4. The molecule has 0 spiro atoms. The lowest BCUT2D eigenvalue weighted by Gasteiger charge is -2.40. The van der Waals surface area contributed by atoms with Crippen molar-refractivity contribution in [3.05, 3.63) is 71.8 Å². The topological polar surface area (TPSA) is 127 Å². The number of hydrogen-bond acceptors (Lipinski definition) is 7. The fourth-order valence-corrected chi connectivity index (χ4v) is 6.81. The van der Waals surface area contributed by atoms with Gasteiger partial charge in [-0.25, -0.2) is 25.1 Å². The van der Waals surface area contributed by atoms with E-state index in [1.807, 2.05) is 60.7 Å². The number of hydroxylamine groups is 1. The minimum atomic E-state index is -0.967. The van der Waals surface area contributed by atoms with Crippen LogP contribution < -0.4 is 10.8 Å². The van der Waals surface area contributed by atoms with E-state index in [1.54, 1.807) is 0 Å². The van der Waals surface area contributed by atoms with Gasteiger partial charge in [0.05, 0.1) is 6.54 Å². The van der Waals surface area contributed by atoms with Crippen molar-refractivity contribution in [3.63, 3.8) is 0 Å². The molecule has 1 aliphatic heterocycles. The summed E-state index contributed by atoms with van der Waals surface area (Å²) in [4.78, 5) is 60.8. The molecule has 0 radical (unpaired) electrons. The molecule has 1 saturated carbocycles. The average Bonchev–Trinajstić information content (AvgIpc) is 3.17. The Morgan fingerprint density at radius 3 is 2.17 bits per heavy atom. The number of hydrazine groups is 1. The predicted octanol–water partition coefficient (Wildman–Crippen LogP) is 7.60. The van der Waals surface area contributed by atoms with Crippen molar-refractivity contribution in [3.8, 4) is 0 Å². The Bertz CT molecular complexity index is 1350. The van der Waals surface area contributed by atoms with Gasteiger partial charge in [-0.15, -0.1) is 0 Å². The van der Waals surface area contributed by atoms with Crippen molar-refractivity contribution in [1.29, 1.82) is 0 Å². The largest absolute Gasteiger partial charge is 0.445 e. The van der Waals surface area contributed by atoms with Crippen molar-refractivity contribution in [2.45, 2.75) is 136 Å². The molecule has 11 heteroatoms. The van der Waals surface area contributed by atoms with Gasteiger partial charge in [-0.2, -0.15) is 0 Å². The Labute approximate surface area is 310 Å². The average molecular weight is 721 g/mol. The standard InChI is InChI=1S/C41H60N4O7/c1-32(2)26-27-38(47)45(36(23-14-22-33-16-6-3-7-17-33)40(48)43-52-39-25-12-13-29-50-39)44(30-34-18-8-4-9-19-34)37(46)24-15-28-42-41(49)51-31-35-20-10-5-11-21-35/h4-5,8-11,18-21,32-33,36,39H,3,6-7,12-17,22-31H2,1-2H3,(H,42,49)(H,43,48)/t36-,39+/m0/s1. The van der Waals surface area contributed by atoms with Crippen molar-refractivity contribution in [2.75, 3.05) is 13.2 Å². The van der Waals surface area contributed by atoms with Gasteiger partial charge in [0.25, 0.3) is 5.91 Å². The van der Waals surface area contributed by atoms with E-state index in [0.29, 0.717) is 38.2 Å². The van der Waals surface area contributed by atoms with E-state index in [2.05, 4.69) is 24.6 Å². The van der Waals surface area contributed by atoms with Gasteiger partial charge in [-0.05, 0) is 55.1 Å². The summed E-state index contributed by atoms with van der Waals surface area (Å²) in [6, 6.07) is 17.9. The van der Waals surface area contributed by atoms with Crippen LogP contribution in [0.5, 0.6) is 0 Å². The molecular weight excluding hydrogens is 660 g/mol. The van der Waals surface area contributed by atoms with Crippen LogP contribution in [0.25, 0.3) is 0 Å². The number of carbonyl (C=O) groups is 4. The summed E-state index contributed by atoms with van der Waals surface area (Å²) < 4.78 is 11.0. The fraction of sp³-hybridized carbons (Fsp3) is 0.610. The van der Waals surface area contributed by atoms with Gasteiger partial charge in [0.2, 0.25) is 11.8 Å². The maximum atomic E-state index is 14.3. The van der Waals surface area contributed by atoms with E-state index in [1.165, 1.54) is 42.1 Å². The molecule has 2 aromatic carbocycles. The molecule has 2 aromatic rings. The highest BCUT2D eigenvalue weighted by Gasteiger charge is 2.37. The van der Waals surface area contributed by atoms with E-state index in [0.717, 1.165) is 36.8 Å². The molecule has 286 valence electrons. The second kappa shape index (κ2) is 22.9. The van der Waals surface area contributed by atoms with Crippen LogP contribution in [0.1, 0.15) is 121 Å². The van der Waals surface area contributed by atoms with Crippen LogP contribution in [0.3, 0.4) is 0 Å². The third kappa shape index (κ3) is 14.6. The third-order valence-corrected chi connectivity index (χ3v) is 9.81. The molecule has 1 heterocycles. The van der Waals surface area contributed by atoms with Crippen LogP contribution in [0.4, 0.5) is 4.79 Å². The van der Waals surface area contributed by atoms with Crippen LogP contribution >= 0.6 is 0 Å². The summed E-state index contributed by atoms with van der Waals surface area (Å²) in [6.07, 6.45) is 10.7. The first kappa shape index (κ1) is 40.8. The van der Waals surface area contributed by atoms with Crippen LogP contribution in [0.2, 0.25) is 0 Å². The summed E-state index contributed by atoms with van der Waals surface area (Å²) in [6.45, 7) is 5.12. The molecule has 2 atom stereocenters. The molecule has 2 aliphatic rings. The Kier molecular flexibility index (Phi) is 17.9. The van der Waals surface area contributed by atoms with Crippen LogP contribution in [0.15, 0.2) is 60.7 Å². The molecule has 0 unspecified atom stereocenters. The Hall–Kier alpha value is -3.96. The lowest BCUT2D eigenvalue weighted by Crippen LogP contribution is -2.59. The van der Waals surface area contributed by atoms with Gasteiger partial charge in [0, 0.05) is 32.4 Å². The number of benzene rings is 2. The second-order valence-corrected chi connectivity index (χ2v) is 14.5. The zero-order chi connectivity index (χ0) is 37.0. The number of nitrogens with one attached hydrogen (secondary N) is 2. The van der Waals surface area contributed by atoms with Crippen molar-refractivity contribution >= 4 is 23.8 Å². The second-order valence-electron chi connectivity index (χ2n) is 14.5. The number of carbonyl (C=O) groups excluding carboxylic acids is 4. The Morgan fingerprint density at radius 1 is 0.808 bits per heavy atom. The first-order chi connectivity index (χ1) is 25.3. The molecule has 0 bridgehead atoms. The molecular formula is C41H60N4O7. The Balaban J connectivity index is 1.52. The van der Waals surface area contributed by atoms with E-state index >= 15 is 0 Å². The van der Waals surface area contributed by atoms with Gasteiger partial charge in [0.15, 0.2) is 6.29 Å². The zero-order valence-electron chi connectivity index (χ0n) is 31.3. The van der Waals surface area contributed by atoms with Crippen LogP contribution in [-0.2, 0) is 41.8 Å². The molecule has 0 aromatic heterocycles. The number of ether oxygens (including phenoxy) is 2. The summed E-state index contributed by atoms with van der Waals surface area (Å²) in [5.74, 6) is -0.218. The molecule has 4 amide bonds. The maximum absolute atomic E-state index is 14.3. The SMILES string of the molecule is CC(C)CCC(=O)N([C@@H](CCCC1CCCCC1)C(=O)NO[C@@H]1CCCCO1)N(Cc1ccccc1)C(=O)CCCNC(=O)OCc1ccccc1. The highest BCUT2D eigenvalue weighted by molar-refractivity contribution is 5.89. The summed E-state index contributed by atoms with van der Waals surface area (Å²) in [5, 5.41) is 5.59. The van der Waals surface area contributed by atoms with E-state index in [4.69, 9.17) is 14.3 Å². The highest BCUT2D eigenvalue weighted by atomic mass is 16.8. The van der Waals surface area contributed by atoms with E-state index in [-0.39, 0.29) is 50.3 Å². The lowest BCUT2D eigenvalue weighted by atomic mass is 9.85. The number of rotatable bonds is 19. The molecule has 52 heavy (non-hydrogen) atoms. The number of nitrogens with zero attached hydrogens (tertiary/aromatic N) is 2. The Morgan fingerprint density at radius 2 is 1.50 bits per heavy atom. The van der Waals surface area contributed by atoms with Crippen molar-refractivity contribution in [1.82, 2.24) is 20.8 Å². The number of hydrogen-bond donors (Lipinski definition) is 2. The smallest absolute Gasteiger partial charge is 0.407 e. The fourth-order valence-electron chi connectivity index (χ4n) is 6.81. The third-order valence-electron chi connectivity index (χ3n) is 9.81. The quantitative estimate of drug-likeness (QED) is 0.113. The normalized spacial score (nSPS) is 16.9. The molecule has 1 saturated heterocycles. The van der Waals surface area contributed by atoms with Gasteiger partial charge in [-0.1, -0.05) is 119 Å². The van der Waals surface area contributed by atoms with E-state index in [9.17, 15) is 19.2 Å². The number of alkyl carbamates (subject to hydrolysis) is 1.